The lowest BCUT2D eigenvalue weighted by atomic mass is 10.0. The maximum Gasteiger partial charge on any atom is 0.490 e. The maximum absolute atomic E-state index is 13.4. The maximum atomic E-state index is 13.4. The van der Waals surface area contributed by atoms with Crippen LogP contribution in [0.3, 0.4) is 0 Å². The second-order valence-corrected chi connectivity index (χ2v) is 14.8. The Morgan fingerprint density at radius 3 is 2.14 bits per heavy atom. The zero-order valence-corrected chi connectivity index (χ0v) is 34.2. The van der Waals surface area contributed by atoms with Gasteiger partial charge in [0.2, 0.25) is 11.8 Å². The number of piperidine rings is 1. The number of fused-ring (bicyclic) bond motifs is 1. The van der Waals surface area contributed by atoms with E-state index in [1.165, 1.54) is 6.33 Å². The van der Waals surface area contributed by atoms with E-state index < -0.39 is 24.3 Å². The van der Waals surface area contributed by atoms with Gasteiger partial charge in [0.1, 0.15) is 35.5 Å². The van der Waals surface area contributed by atoms with Crippen molar-refractivity contribution in [3.8, 4) is 11.4 Å². The zero-order chi connectivity index (χ0) is 45.9. The van der Waals surface area contributed by atoms with Gasteiger partial charge in [-0.2, -0.15) is 41.3 Å². The number of carbonyl (C=O) groups excluding carboxylic acids is 2. The summed E-state index contributed by atoms with van der Waals surface area (Å²) in [6.07, 6.45) is -0.431. The number of hydrogen-bond acceptors (Lipinski definition) is 11. The van der Waals surface area contributed by atoms with Crippen LogP contribution in [0.5, 0.6) is 5.75 Å². The quantitative estimate of drug-likeness (QED) is 0.106. The number of halogens is 7. The SMILES string of the molecule is Cc1nn(-c2ccccc2)nc1CNC(=O)C1=Cc2c(ncnc2Nc2ccc(OC3CCN(C(=O)C4CCCC4)CC3)c(Cl)c2)NCC1.O=C(O)C(F)(F)F.O=C(O)C(F)(F)F. The number of para-hydroxylation sites is 1. The van der Waals surface area contributed by atoms with Crippen molar-refractivity contribution in [1.82, 2.24) is 35.2 Å². The van der Waals surface area contributed by atoms with Crippen LogP contribution in [0.15, 0.2) is 60.4 Å². The molecule has 4 heterocycles. The molecule has 2 amide bonds. The lowest BCUT2D eigenvalue weighted by Gasteiger charge is -2.33. The van der Waals surface area contributed by atoms with Crippen molar-refractivity contribution in [2.45, 2.75) is 76.9 Å². The Hall–Kier alpha value is -6.45. The van der Waals surface area contributed by atoms with Crippen LogP contribution in [-0.4, -0.2) is 102 Å². The number of aromatic nitrogens is 5. The average Bonchev–Trinajstić information content (AvgIpc) is 3.86. The van der Waals surface area contributed by atoms with E-state index in [9.17, 15) is 35.9 Å². The molecule has 5 N–H and O–H groups in total. The number of aliphatic carboxylic acids is 2. The molecule has 0 unspecified atom stereocenters. The molecule has 2 aliphatic heterocycles. The topological polar surface area (TPSA) is 214 Å². The van der Waals surface area contributed by atoms with Gasteiger partial charge in [0.25, 0.3) is 0 Å². The number of rotatable bonds is 9. The fourth-order valence-electron chi connectivity index (χ4n) is 6.66. The molecule has 63 heavy (non-hydrogen) atoms. The lowest BCUT2D eigenvalue weighted by Crippen LogP contribution is -2.44. The number of ether oxygens (including phenoxy) is 1. The molecule has 0 spiro atoms. The number of carboxylic acids is 2. The fraction of sp³-hybridized carbons (Fsp3) is 0.400. The Kier molecular flexibility index (Phi) is 15.9. The molecule has 2 aromatic heterocycles. The molecule has 0 atom stereocenters. The molecule has 1 saturated heterocycles. The summed E-state index contributed by atoms with van der Waals surface area (Å²) >= 11 is 6.70. The Bertz CT molecular complexity index is 2260. The summed E-state index contributed by atoms with van der Waals surface area (Å²) in [5.41, 5.74) is 4.28. The van der Waals surface area contributed by atoms with Gasteiger partial charge in [-0.3, -0.25) is 9.59 Å². The summed E-state index contributed by atoms with van der Waals surface area (Å²) in [5.74, 6) is -3.42. The Morgan fingerprint density at radius 1 is 0.905 bits per heavy atom. The Morgan fingerprint density at radius 2 is 1.54 bits per heavy atom. The monoisotopic (exact) mass is 909 g/mol. The number of aryl methyl sites for hydroxylation is 1. The molecule has 4 aromatic rings. The van der Waals surface area contributed by atoms with Crippen LogP contribution in [0.4, 0.5) is 43.7 Å². The number of carbonyl (C=O) groups is 4. The first kappa shape index (κ1) is 47.6. The molecule has 2 fully saturated rings. The molecule has 3 aliphatic rings. The molecule has 1 aliphatic carbocycles. The van der Waals surface area contributed by atoms with E-state index >= 15 is 0 Å². The zero-order valence-electron chi connectivity index (χ0n) is 33.5. The van der Waals surface area contributed by atoms with Crippen molar-refractivity contribution in [2.75, 3.05) is 30.3 Å². The van der Waals surface area contributed by atoms with Crippen molar-refractivity contribution in [3.05, 3.63) is 82.4 Å². The van der Waals surface area contributed by atoms with E-state index in [-0.39, 0.29) is 24.5 Å². The van der Waals surface area contributed by atoms with Crippen LogP contribution >= 0.6 is 11.6 Å². The lowest BCUT2D eigenvalue weighted by molar-refractivity contribution is -0.193. The normalized spacial score (nSPS) is 15.5. The van der Waals surface area contributed by atoms with Crippen LogP contribution in [0.1, 0.15) is 61.9 Å². The standard InChI is InChI=1S/C36H40ClN9O3.2C2HF3O2/c1-23-31(44-46(43-23)27-9-3-2-4-10-27)21-39-35(47)25-13-16-38-33-29(19-25)34(41-22-40-33)42-26-11-12-32(30(37)20-26)49-28-14-17-45(18-15-28)36(48)24-7-5-6-8-24;2*3-2(4,5)1(6)7/h2-4,9-12,19-20,22,24,28H,5-8,13-18,21H2,1H3,(H,39,47)(H2,38,40,41,42);2*(H,6,7). The summed E-state index contributed by atoms with van der Waals surface area (Å²) in [4.78, 5) is 56.5. The van der Waals surface area contributed by atoms with Crippen molar-refractivity contribution in [3.63, 3.8) is 0 Å². The van der Waals surface area contributed by atoms with Crippen LogP contribution in [0.2, 0.25) is 5.02 Å². The third-order valence-corrected chi connectivity index (χ3v) is 10.2. The van der Waals surface area contributed by atoms with E-state index in [0.717, 1.165) is 55.6 Å². The van der Waals surface area contributed by atoms with E-state index in [1.807, 2.05) is 60.4 Å². The van der Waals surface area contributed by atoms with Crippen molar-refractivity contribution in [2.24, 2.45) is 5.92 Å². The third-order valence-electron chi connectivity index (χ3n) is 9.89. The highest BCUT2D eigenvalue weighted by Gasteiger charge is 2.39. The summed E-state index contributed by atoms with van der Waals surface area (Å²) in [6, 6.07) is 15.2. The number of alkyl halides is 6. The number of anilines is 3. The average molecular weight is 910 g/mol. The van der Waals surface area contributed by atoms with Gasteiger partial charge in [-0.25, -0.2) is 19.6 Å². The van der Waals surface area contributed by atoms with E-state index in [1.54, 1.807) is 10.9 Å². The molecule has 1 saturated carbocycles. The van der Waals surface area contributed by atoms with Gasteiger partial charge in [-0.05, 0) is 62.6 Å². The van der Waals surface area contributed by atoms with Crippen LogP contribution in [0.25, 0.3) is 11.8 Å². The van der Waals surface area contributed by atoms with Gasteiger partial charge >= 0.3 is 24.3 Å². The van der Waals surface area contributed by atoms with Crippen molar-refractivity contribution < 1.29 is 60.5 Å². The first-order chi connectivity index (χ1) is 29.8. The van der Waals surface area contributed by atoms with E-state index in [4.69, 9.17) is 36.1 Å². The Balaban J connectivity index is 0.000000463. The number of likely N-dealkylation sites (tertiary alicyclic amines) is 1. The minimum atomic E-state index is -5.08. The highest BCUT2D eigenvalue weighted by atomic mass is 35.5. The minimum Gasteiger partial charge on any atom is -0.489 e. The van der Waals surface area contributed by atoms with Gasteiger partial charge in [0, 0.05) is 49.7 Å². The summed E-state index contributed by atoms with van der Waals surface area (Å²) in [7, 11) is 0. The number of nitrogens with one attached hydrogen (secondary N) is 3. The predicted octanol–water partition coefficient (Wildman–Crippen LogP) is 7.10. The second kappa shape index (κ2) is 21.1. The van der Waals surface area contributed by atoms with Gasteiger partial charge in [-0.15, -0.1) is 0 Å². The number of hydrogen-bond donors (Lipinski definition) is 5. The number of benzene rings is 2. The second-order valence-electron chi connectivity index (χ2n) is 14.4. The van der Waals surface area contributed by atoms with Crippen LogP contribution < -0.4 is 20.7 Å². The third kappa shape index (κ3) is 13.5. The summed E-state index contributed by atoms with van der Waals surface area (Å²) in [6.45, 7) is 4.09. The molecule has 7 rings (SSSR count). The molecule has 16 nitrogen and oxygen atoms in total. The number of carboxylic acid groups (broad SMARTS) is 2. The molecule has 2 aromatic carbocycles. The highest BCUT2D eigenvalue weighted by molar-refractivity contribution is 6.32. The van der Waals surface area contributed by atoms with Gasteiger partial charge in [-0.1, -0.05) is 42.6 Å². The van der Waals surface area contributed by atoms with Crippen LogP contribution in [0, 0.1) is 12.8 Å². The number of nitrogens with zero attached hydrogens (tertiary/aromatic N) is 6. The highest BCUT2D eigenvalue weighted by Crippen LogP contribution is 2.34. The molecule has 0 radical (unpaired) electrons. The van der Waals surface area contributed by atoms with Gasteiger partial charge in [0.15, 0.2) is 0 Å². The fourth-order valence-corrected chi connectivity index (χ4v) is 6.88. The largest absolute Gasteiger partial charge is 0.490 e. The van der Waals surface area contributed by atoms with Crippen molar-refractivity contribution in [1.29, 1.82) is 0 Å². The van der Waals surface area contributed by atoms with Crippen molar-refractivity contribution >= 4 is 58.8 Å². The predicted molar refractivity (Wildman–Crippen MR) is 215 cm³/mol. The van der Waals surface area contributed by atoms with Gasteiger partial charge in [0.05, 0.1) is 28.5 Å². The Labute approximate surface area is 360 Å². The van der Waals surface area contributed by atoms with Crippen LogP contribution in [-0.2, 0) is 25.7 Å². The molecule has 338 valence electrons. The first-order valence-corrected chi connectivity index (χ1v) is 19.9. The summed E-state index contributed by atoms with van der Waals surface area (Å²) in [5, 5.41) is 33.5. The van der Waals surface area contributed by atoms with E-state index in [2.05, 4.69) is 36.1 Å². The number of amides is 2. The minimum absolute atomic E-state index is 0.00193. The van der Waals surface area contributed by atoms with E-state index in [0.29, 0.717) is 71.2 Å². The molecule has 23 heteroatoms. The van der Waals surface area contributed by atoms with Gasteiger partial charge < -0.3 is 35.8 Å². The summed E-state index contributed by atoms with van der Waals surface area (Å²) < 4.78 is 69.8. The first-order valence-electron chi connectivity index (χ1n) is 19.5. The molecular formula is C40H42ClF6N9O7. The molecule has 0 bridgehead atoms. The smallest absolute Gasteiger partial charge is 0.489 e. The molecular weight excluding hydrogens is 868 g/mol.